The Morgan fingerprint density at radius 3 is 2.55 bits per heavy atom. The van der Waals surface area contributed by atoms with Crippen LogP contribution in [0.5, 0.6) is 0 Å². The average Bonchev–Trinajstić information content (AvgIpc) is 2.96. The Kier molecular flexibility index (Phi) is 3.60. The molecule has 22 heavy (non-hydrogen) atoms. The molecule has 0 amide bonds. The molecule has 0 unspecified atom stereocenters. The molecule has 0 saturated heterocycles. The predicted molar refractivity (Wildman–Crippen MR) is 78.6 cm³/mol. The van der Waals surface area contributed by atoms with Crippen LogP contribution in [0.1, 0.15) is 0 Å². The van der Waals surface area contributed by atoms with Gasteiger partial charge in [-0.05, 0) is 30.3 Å². The third-order valence-electron chi connectivity index (χ3n) is 2.84. The summed E-state index contributed by atoms with van der Waals surface area (Å²) in [6.07, 6.45) is 1.39. The number of rotatable bonds is 4. The van der Waals surface area contributed by atoms with Gasteiger partial charge in [0.05, 0.1) is 10.6 Å². The monoisotopic (exact) mass is 318 g/mol. The number of nitrogens with one attached hydrogen (secondary N) is 1. The maximum atomic E-state index is 13.1. The molecule has 3 aromatic rings. The molecule has 0 atom stereocenters. The van der Waals surface area contributed by atoms with E-state index in [1.54, 1.807) is 12.1 Å². The van der Waals surface area contributed by atoms with E-state index < -0.39 is 15.8 Å². The summed E-state index contributed by atoms with van der Waals surface area (Å²) >= 11 is 0. The van der Waals surface area contributed by atoms with Crippen LogP contribution < -0.4 is 4.72 Å². The molecular formula is C14H11FN4O2S. The van der Waals surface area contributed by atoms with Gasteiger partial charge in [-0.25, -0.2) is 22.2 Å². The van der Waals surface area contributed by atoms with Crippen LogP contribution in [0.4, 0.5) is 10.3 Å². The van der Waals surface area contributed by atoms with Crippen LogP contribution in [0.25, 0.3) is 5.69 Å². The molecule has 1 heterocycles. The minimum absolute atomic E-state index is 0.0897. The van der Waals surface area contributed by atoms with Crippen molar-refractivity contribution in [2.45, 2.75) is 4.90 Å². The summed E-state index contributed by atoms with van der Waals surface area (Å²) in [5.74, 6) is -0.723. The van der Waals surface area contributed by atoms with E-state index in [0.29, 0.717) is 0 Å². The van der Waals surface area contributed by atoms with Crippen LogP contribution in [0.15, 0.2) is 65.8 Å². The molecule has 1 N–H and O–H groups in total. The lowest BCUT2D eigenvalue weighted by Gasteiger charge is -2.04. The summed E-state index contributed by atoms with van der Waals surface area (Å²) in [6.45, 7) is 0. The van der Waals surface area contributed by atoms with Crippen LogP contribution in [-0.4, -0.2) is 23.2 Å². The normalized spacial score (nSPS) is 11.3. The van der Waals surface area contributed by atoms with E-state index in [0.717, 1.165) is 11.8 Å². The average molecular weight is 318 g/mol. The molecule has 0 radical (unpaired) electrons. The number of para-hydroxylation sites is 1. The minimum Gasteiger partial charge on any atom is -0.246 e. The summed E-state index contributed by atoms with van der Waals surface area (Å²) in [6, 6.07) is 13.8. The van der Waals surface area contributed by atoms with Gasteiger partial charge in [-0.2, -0.15) is 4.98 Å². The standard InChI is InChI=1S/C14H11FN4O2S/c15-11-5-4-8-13(9-11)22(20,21)18-14-16-10-19(17-14)12-6-2-1-3-7-12/h1-10H,(H,17,18). The number of aromatic nitrogens is 3. The van der Waals surface area contributed by atoms with E-state index in [4.69, 9.17) is 0 Å². The highest BCUT2D eigenvalue weighted by atomic mass is 32.2. The summed E-state index contributed by atoms with van der Waals surface area (Å²) < 4.78 is 41.0. The topological polar surface area (TPSA) is 76.9 Å². The van der Waals surface area contributed by atoms with Crippen LogP contribution >= 0.6 is 0 Å². The fraction of sp³-hybridized carbons (Fsp3) is 0. The van der Waals surface area contributed by atoms with Crippen molar-refractivity contribution >= 4 is 16.0 Å². The van der Waals surface area contributed by atoms with Crippen molar-refractivity contribution in [1.29, 1.82) is 0 Å². The first-order chi connectivity index (χ1) is 10.5. The Morgan fingerprint density at radius 2 is 1.82 bits per heavy atom. The van der Waals surface area contributed by atoms with Gasteiger partial charge in [0.25, 0.3) is 16.0 Å². The number of anilines is 1. The maximum Gasteiger partial charge on any atom is 0.264 e. The van der Waals surface area contributed by atoms with E-state index in [1.165, 1.54) is 29.2 Å². The number of halogens is 1. The molecule has 1 aromatic heterocycles. The zero-order valence-corrected chi connectivity index (χ0v) is 12.0. The van der Waals surface area contributed by atoms with Gasteiger partial charge in [0, 0.05) is 0 Å². The van der Waals surface area contributed by atoms with E-state index in [1.807, 2.05) is 18.2 Å². The van der Waals surface area contributed by atoms with E-state index >= 15 is 0 Å². The van der Waals surface area contributed by atoms with Crippen molar-refractivity contribution < 1.29 is 12.8 Å². The first-order valence-corrected chi connectivity index (χ1v) is 7.78. The van der Waals surface area contributed by atoms with Crippen molar-refractivity contribution in [3.05, 3.63) is 66.7 Å². The van der Waals surface area contributed by atoms with E-state index in [2.05, 4.69) is 14.8 Å². The summed E-state index contributed by atoms with van der Waals surface area (Å²) in [7, 11) is -3.93. The van der Waals surface area contributed by atoms with Crippen LogP contribution in [-0.2, 0) is 10.0 Å². The van der Waals surface area contributed by atoms with Crippen molar-refractivity contribution in [3.8, 4) is 5.69 Å². The molecule has 3 rings (SSSR count). The zero-order valence-electron chi connectivity index (χ0n) is 11.2. The molecule has 8 heteroatoms. The third-order valence-corrected chi connectivity index (χ3v) is 4.17. The number of hydrogen-bond acceptors (Lipinski definition) is 4. The van der Waals surface area contributed by atoms with Gasteiger partial charge in [-0.15, -0.1) is 5.10 Å². The van der Waals surface area contributed by atoms with Gasteiger partial charge >= 0.3 is 0 Å². The second kappa shape index (κ2) is 5.57. The fourth-order valence-electron chi connectivity index (χ4n) is 1.83. The van der Waals surface area contributed by atoms with Gasteiger partial charge in [-0.1, -0.05) is 24.3 Å². The molecule has 0 aliphatic heterocycles. The van der Waals surface area contributed by atoms with Crippen molar-refractivity contribution in [1.82, 2.24) is 14.8 Å². The number of hydrogen-bond donors (Lipinski definition) is 1. The summed E-state index contributed by atoms with van der Waals surface area (Å²) in [5, 5.41) is 4.04. The number of nitrogens with zero attached hydrogens (tertiary/aromatic N) is 3. The second-order valence-corrected chi connectivity index (χ2v) is 6.09. The van der Waals surface area contributed by atoms with Crippen molar-refractivity contribution in [2.24, 2.45) is 0 Å². The Bertz CT molecular complexity index is 894. The molecule has 6 nitrogen and oxygen atoms in total. The Labute approximate surface area is 126 Å². The molecule has 0 saturated carbocycles. The summed E-state index contributed by atoms with van der Waals surface area (Å²) in [5.41, 5.74) is 0.742. The summed E-state index contributed by atoms with van der Waals surface area (Å²) in [4.78, 5) is 3.70. The predicted octanol–water partition coefficient (Wildman–Crippen LogP) is 2.21. The lowest BCUT2D eigenvalue weighted by atomic mass is 10.3. The molecule has 0 aliphatic carbocycles. The molecule has 0 aliphatic rings. The minimum atomic E-state index is -3.93. The van der Waals surface area contributed by atoms with Gasteiger partial charge in [0.1, 0.15) is 12.1 Å². The largest absolute Gasteiger partial charge is 0.264 e. The van der Waals surface area contributed by atoms with Crippen molar-refractivity contribution in [3.63, 3.8) is 0 Å². The highest BCUT2D eigenvalue weighted by molar-refractivity contribution is 7.92. The second-order valence-electron chi connectivity index (χ2n) is 4.41. The Balaban J connectivity index is 1.86. The lowest BCUT2D eigenvalue weighted by molar-refractivity contribution is 0.595. The third kappa shape index (κ3) is 2.96. The van der Waals surface area contributed by atoms with E-state index in [9.17, 15) is 12.8 Å². The lowest BCUT2D eigenvalue weighted by Crippen LogP contribution is -2.14. The van der Waals surface area contributed by atoms with Crippen LogP contribution in [0.2, 0.25) is 0 Å². The first kappa shape index (κ1) is 14.2. The fourth-order valence-corrected chi connectivity index (χ4v) is 2.81. The SMILES string of the molecule is O=S(=O)(Nc1ncn(-c2ccccc2)n1)c1cccc(F)c1. The number of sulfonamides is 1. The molecule has 0 fully saturated rings. The highest BCUT2D eigenvalue weighted by Crippen LogP contribution is 2.14. The maximum absolute atomic E-state index is 13.1. The quantitative estimate of drug-likeness (QED) is 0.800. The van der Waals surface area contributed by atoms with Crippen LogP contribution in [0.3, 0.4) is 0 Å². The molecule has 0 spiro atoms. The molecular weight excluding hydrogens is 307 g/mol. The van der Waals surface area contributed by atoms with Crippen molar-refractivity contribution in [2.75, 3.05) is 4.72 Å². The molecule has 2 aromatic carbocycles. The smallest absolute Gasteiger partial charge is 0.246 e. The Morgan fingerprint density at radius 1 is 1.05 bits per heavy atom. The number of benzene rings is 2. The zero-order chi connectivity index (χ0) is 15.6. The molecule has 112 valence electrons. The van der Waals surface area contributed by atoms with Gasteiger partial charge < -0.3 is 0 Å². The van der Waals surface area contributed by atoms with Gasteiger partial charge in [0.15, 0.2) is 0 Å². The first-order valence-electron chi connectivity index (χ1n) is 6.30. The van der Waals surface area contributed by atoms with E-state index in [-0.39, 0.29) is 10.8 Å². The Hall–Kier alpha value is -2.74. The molecule has 0 bridgehead atoms. The van der Waals surface area contributed by atoms with Crippen LogP contribution in [0, 0.1) is 5.82 Å². The van der Waals surface area contributed by atoms with Gasteiger partial charge in [-0.3, -0.25) is 0 Å². The van der Waals surface area contributed by atoms with Gasteiger partial charge in [0.2, 0.25) is 0 Å². The highest BCUT2D eigenvalue weighted by Gasteiger charge is 2.17.